The van der Waals surface area contributed by atoms with Crippen molar-refractivity contribution in [3.8, 4) is 0 Å². The van der Waals surface area contributed by atoms with Crippen molar-refractivity contribution in [1.82, 2.24) is 5.06 Å². The number of hydrogen-bond donors (Lipinski definition) is 0. The molecule has 0 unspecified atom stereocenters. The number of carbonyl (C=O) groups is 2. The summed E-state index contributed by atoms with van der Waals surface area (Å²) < 4.78 is 4.45. The van der Waals surface area contributed by atoms with Crippen LogP contribution < -0.4 is 0 Å². The van der Waals surface area contributed by atoms with Crippen LogP contribution in [0.15, 0.2) is 52.1 Å². The molecule has 0 bridgehead atoms. The molecular formula is C19H21NO4S2. The summed E-state index contributed by atoms with van der Waals surface area (Å²) in [6, 6.07) is 11.7. The molecular weight excluding hydrogens is 370 g/mol. The molecule has 1 aromatic carbocycles. The van der Waals surface area contributed by atoms with E-state index in [4.69, 9.17) is 9.57 Å². The van der Waals surface area contributed by atoms with Crippen molar-refractivity contribution in [2.75, 3.05) is 6.54 Å². The molecule has 1 saturated heterocycles. The number of benzene rings is 1. The number of amides is 1. The Bertz CT molecular complexity index is 771. The maximum Gasteiger partial charge on any atom is 0.443 e. The summed E-state index contributed by atoms with van der Waals surface area (Å²) in [6.45, 7) is 5.47. The number of rotatable bonds is 4. The van der Waals surface area contributed by atoms with Crippen LogP contribution in [0.3, 0.4) is 0 Å². The molecule has 1 atom stereocenters. The predicted octanol–water partition coefficient (Wildman–Crippen LogP) is 4.53. The van der Waals surface area contributed by atoms with Crippen LogP contribution in [0.2, 0.25) is 0 Å². The molecule has 2 aromatic rings. The topological polar surface area (TPSA) is 55.8 Å². The highest BCUT2D eigenvalue weighted by molar-refractivity contribution is 8.01. The third-order valence-electron chi connectivity index (χ3n) is 3.69. The lowest BCUT2D eigenvalue weighted by Crippen LogP contribution is -2.40. The molecule has 1 aliphatic heterocycles. The van der Waals surface area contributed by atoms with Gasteiger partial charge < -0.3 is 9.57 Å². The monoisotopic (exact) mass is 391 g/mol. The van der Waals surface area contributed by atoms with Gasteiger partial charge >= 0.3 is 12.1 Å². The van der Waals surface area contributed by atoms with E-state index in [0.717, 1.165) is 15.5 Å². The fraction of sp³-hybridized carbons (Fsp3) is 0.368. The van der Waals surface area contributed by atoms with Crippen LogP contribution in [-0.4, -0.2) is 34.0 Å². The summed E-state index contributed by atoms with van der Waals surface area (Å²) in [7, 11) is 0. The molecule has 1 fully saturated rings. The first-order valence-corrected chi connectivity index (χ1v) is 10.0. The van der Waals surface area contributed by atoms with Crippen molar-refractivity contribution in [1.29, 1.82) is 0 Å². The lowest BCUT2D eigenvalue weighted by atomic mass is 10.0. The quantitative estimate of drug-likeness (QED) is 0.766. The van der Waals surface area contributed by atoms with Gasteiger partial charge in [-0.1, -0.05) is 18.2 Å². The van der Waals surface area contributed by atoms with Crippen LogP contribution >= 0.6 is 23.1 Å². The van der Waals surface area contributed by atoms with Crippen LogP contribution in [0.25, 0.3) is 0 Å². The van der Waals surface area contributed by atoms with Gasteiger partial charge in [-0.05, 0) is 55.3 Å². The molecule has 0 saturated carbocycles. The van der Waals surface area contributed by atoms with E-state index in [-0.39, 0.29) is 6.54 Å². The second kappa shape index (κ2) is 7.32. The smallest absolute Gasteiger partial charge is 0.442 e. The molecule has 1 aromatic heterocycles. The number of carbonyl (C=O) groups excluding carboxylic acids is 2. The molecule has 26 heavy (non-hydrogen) atoms. The summed E-state index contributed by atoms with van der Waals surface area (Å²) in [5, 5.41) is 5.02. The SMILES string of the molecule is CC(C)(C)OC(=O)N1C[C@](Cc2ccsc2)(Sc2ccccc2)C(=O)O1. The number of hydroxylamine groups is 2. The average Bonchev–Trinajstić information content (AvgIpc) is 3.16. The zero-order valence-electron chi connectivity index (χ0n) is 14.9. The molecule has 138 valence electrons. The van der Waals surface area contributed by atoms with Crippen LogP contribution in [0, 0.1) is 0 Å². The largest absolute Gasteiger partial charge is 0.443 e. The molecule has 2 heterocycles. The Labute approximate surface area is 161 Å². The highest BCUT2D eigenvalue weighted by Crippen LogP contribution is 2.41. The molecule has 3 rings (SSSR count). The summed E-state index contributed by atoms with van der Waals surface area (Å²) in [5.41, 5.74) is 0.385. The van der Waals surface area contributed by atoms with Gasteiger partial charge in [0.05, 0.1) is 6.54 Å². The first-order valence-electron chi connectivity index (χ1n) is 8.25. The van der Waals surface area contributed by atoms with Gasteiger partial charge in [-0.3, -0.25) is 0 Å². The number of thioether (sulfide) groups is 1. The van der Waals surface area contributed by atoms with Gasteiger partial charge in [0.2, 0.25) is 0 Å². The fourth-order valence-electron chi connectivity index (χ4n) is 2.60. The van der Waals surface area contributed by atoms with E-state index in [1.54, 1.807) is 32.1 Å². The number of ether oxygens (including phenoxy) is 1. The van der Waals surface area contributed by atoms with Crippen molar-refractivity contribution in [3.05, 3.63) is 52.7 Å². The van der Waals surface area contributed by atoms with Crippen LogP contribution in [0.1, 0.15) is 26.3 Å². The van der Waals surface area contributed by atoms with Gasteiger partial charge in [0.25, 0.3) is 0 Å². The maximum absolute atomic E-state index is 12.8. The van der Waals surface area contributed by atoms with Gasteiger partial charge in [0, 0.05) is 11.3 Å². The number of hydrogen-bond acceptors (Lipinski definition) is 6. The van der Waals surface area contributed by atoms with Crippen molar-refractivity contribution in [2.24, 2.45) is 0 Å². The Hall–Kier alpha value is -1.99. The Morgan fingerprint density at radius 2 is 2.04 bits per heavy atom. The van der Waals surface area contributed by atoms with E-state index in [9.17, 15) is 9.59 Å². The summed E-state index contributed by atoms with van der Waals surface area (Å²) >= 11 is 3.00. The highest BCUT2D eigenvalue weighted by atomic mass is 32.2. The summed E-state index contributed by atoms with van der Waals surface area (Å²) in [6.07, 6.45) is -0.166. The molecule has 1 amide bonds. The second-order valence-corrected chi connectivity index (χ2v) is 9.35. The molecule has 0 N–H and O–H groups in total. The molecule has 0 spiro atoms. The molecule has 7 heteroatoms. The zero-order valence-corrected chi connectivity index (χ0v) is 16.6. The normalized spacial score (nSPS) is 20.1. The van der Waals surface area contributed by atoms with Crippen LogP contribution in [0.5, 0.6) is 0 Å². The van der Waals surface area contributed by atoms with E-state index in [2.05, 4.69) is 0 Å². The third kappa shape index (κ3) is 4.40. The minimum Gasteiger partial charge on any atom is -0.442 e. The van der Waals surface area contributed by atoms with Crippen molar-refractivity contribution in [3.63, 3.8) is 0 Å². The summed E-state index contributed by atoms with van der Waals surface area (Å²) in [4.78, 5) is 31.4. The second-order valence-electron chi connectivity index (χ2n) is 7.11. The molecule has 0 aliphatic carbocycles. The fourth-order valence-corrected chi connectivity index (χ4v) is 4.56. The van der Waals surface area contributed by atoms with Crippen molar-refractivity contribution in [2.45, 2.75) is 42.4 Å². The van der Waals surface area contributed by atoms with Crippen LogP contribution in [-0.2, 0) is 20.8 Å². The zero-order chi connectivity index (χ0) is 18.8. The Balaban J connectivity index is 1.85. The molecule has 0 radical (unpaired) electrons. The first kappa shape index (κ1) is 18.8. The minimum absolute atomic E-state index is 0.135. The standard InChI is InChI=1S/C19H21NO4S2/c1-18(2,3)23-17(22)20-13-19(16(21)24-20,11-14-9-10-25-12-14)26-15-7-5-4-6-8-15/h4-10,12H,11,13H2,1-3H3/t19-/m0/s1. The van der Waals surface area contributed by atoms with Gasteiger partial charge in [-0.25, -0.2) is 9.59 Å². The van der Waals surface area contributed by atoms with E-state index >= 15 is 0 Å². The van der Waals surface area contributed by atoms with Crippen molar-refractivity contribution < 1.29 is 19.2 Å². The minimum atomic E-state index is -0.903. The average molecular weight is 392 g/mol. The van der Waals surface area contributed by atoms with E-state index in [1.807, 2.05) is 47.2 Å². The third-order valence-corrected chi connectivity index (χ3v) is 5.76. The van der Waals surface area contributed by atoms with Crippen LogP contribution in [0.4, 0.5) is 4.79 Å². The van der Waals surface area contributed by atoms with Gasteiger partial charge in [0.1, 0.15) is 10.3 Å². The van der Waals surface area contributed by atoms with Gasteiger partial charge in [-0.2, -0.15) is 11.3 Å². The Morgan fingerprint density at radius 3 is 2.65 bits per heavy atom. The number of thiophene rings is 1. The molecule has 5 nitrogen and oxygen atoms in total. The van der Waals surface area contributed by atoms with Crippen molar-refractivity contribution >= 4 is 35.2 Å². The lowest BCUT2D eigenvalue weighted by Gasteiger charge is -2.24. The van der Waals surface area contributed by atoms with E-state index in [0.29, 0.717) is 6.42 Å². The van der Waals surface area contributed by atoms with E-state index < -0.39 is 22.4 Å². The lowest BCUT2D eigenvalue weighted by molar-refractivity contribution is -0.166. The Kier molecular flexibility index (Phi) is 5.29. The highest BCUT2D eigenvalue weighted by Gasteiger charge is 2.52. The molecule has 1 aliphatic rings. The maximum atomic E-state index is 12.8. The van der Waals surface area contributed by atoms with E-state index in [1.165, 1.54) is 11.8 Å². The Morgan fingerprint density at radius 1 is 1.31 bits per heavy atom. The number of nitrogens with zero attached hydrogens (tertiary/aromatic N) is 1. The predicted molar refractivity (Wildman–Crippen MR) is 102 cm³/mol. The first-order chi connectivity index (χ1) is 12.3. The summed E-state index contributed by atoms with van der Waals surface area (Å²) in [5.74, 6) is -0.427. The van der Waals surface area contributed by atoms with Gasteiger partial charge in [0.15, 0.2) is 0 Å². The van der Waals surface area contributed by atoms with Gasteiger partial charge in [-0.15, -0.1) is 16.8 Å².